The van der Waals surface area contributed by atoms with Crippen molar-refractivity contribution >= 4 is 11.8 Å². The predicted molar refractivity (Wildman–Crippen MR) is 105 cm³/mol. The van der Waals surface area contributed by atoms with Crippen molar-refractivity contribution < 1.29 is 9.59 Å². The second kappa shape index (κ2) is 9.23. The summed E-state index contributed by atoms with van der Waals surface area (Å²) in [5.41, 5.74) is 0. The van der Waals surface area contributed by atoms with E-state index in [1.54, 1.807) is 0 Å². The Morgan fingerprint density at radius 3 is 1.27 bits per heavy atom. The number of nitrogens with one attached hydrogen (secondary N) is 2. The van der Waals surface area contributed by atoms with Gasteiger partial charge >= 0.3 is 0 Å². The molecule has 0 aliphatic heterocycles. The molecular formula is C22H38N2O2. The maximum absolute atomic E-state index is 12.6. The standard InChI is InChI=1S/C22H38N2O2/c1-15-7-3-5-9-19(15)23-21(25)17-11-13-18(14-12-17)22(26)24-20-10-6-4-8-16(20)2/h15-20H,3-14H2,1-2H3,(H,23,25)(H,24,26)/t15-,16-,17?,18?,19+,20+/m1/s1. The summed E-state index contributed by atoms with van der Waals surface area (Å²) in [5, 5.41) is 6.63. The van der Waals surface area contributed by atoms with Crippen molar-refractivity contribution in [1.29, 1.82) is 0 Å². The Hall–Kier alpha value is -1.06. The molecule has 4 heteroatoms. The lowest BCUT2D eigenvalue weighted by Crippen LogP contribution is -2.46. The minimum atomic E-state index is 0.113. The summed E-state index contributed by atoms with van der Waals surface area (Å²) in [6, 6.07) is 0.732. The Kier molecular flexibility index (Phi) is 6.99. The first-order chi connectivity index (χ1) is 12.5. The summed E-state index contributed by atoms with van der Waals surface area (Å²) in [4.78, 5) is 25.3. The zero-order valence-corrected chi connectivity index (χ0v) is 16.8. The first-order valence-electron chi connectivity index (χ1n) is 11.2. The molecule has 2 N–H and O–H groups in total. The summed E-state index contributed by atoms with van der Waals surface area (Å²) >= 11 is 0. The van der Waals surface area contributed by atoms with Crippen LogP contribution in [0.1, 0.15) is 90.9 Å². The minimum Gasteiger partial charge on any atom is -0.353 e. The maximum Gasteiger partial charge on any atom is 0.223 e. The lowest BCUT2D eigenvalue weighted by atomic mass is 9.79. The van der Waals surface area contributed by atoms with Crippen LogP contribution in [-0.4, -0.2) is 23.9 Å². The van der Waals surface area contributed by atoms with E-state index < -0.39 is 0 Å². The van der Waals surface area contributed by atoms with Gasteiger partial charge in [-0.3, -0.25) is 9.59 Å². The lowest BCUT2D eigenvalue weighted by Gasteiger charge is -2.34. The molecule has 0 radical (unpaired) electrons. The third kappa shape index (κ3) is 5.01. The largest absolute Gasteiger partial charge is 0.353 e. The first-order valence-corrected chi connectivity index (χ1v) is 11.2. The SMILES string of the molecule is C[C@@H]1CCCC[C@@H]1NC(=O)C1CCC(C(=O)N[C@H]2CCCC[C@H]2C)CC1. The van der Waals surface area contributed by atoms with Crippen LogP contribution in [0.3, 0.4) is 0 Å². The Morgan fingerprint density at radius 2 is 0.923 bits per heavy atom. The van der Waals surface area contributed by atoms with Gasteiger partial charge in [-0.05, 0) is 63.2 Å². The number of carbonyl (C=O) groups is 2. The number of carbonyl (C=O) groups excluding carboxylic acids is 2. The van der Waals surface area contributed by atoms with Crippen LogP contribution in [0.2, 0.25) is 0 Å². The minimum absolute atomic E-state index is 0.113. The fourth-order valence-electron chi connectivity index (χ4n) is 5.28. The third-order valence-electron chi connectivity index (χ3n) is 7.35. The molecule has 0 saturated heterocycles. The van der Waals surface area contributed by atoms with E-state index in [0.29, 0.717) is 23.9 Å². The molecule has 4 nitrogen and oxygen atoms in total. The molecule has 0 bridgehead atoms. The normalized spacial score (nSPS) is 38.4. The Bertz CT molecular complexity index is 441. The molecule has 0 heterocycles. The van der Waals surface area contributed by atoms with E-state index in [0.717, 1.165) is 38.5 Å². The third-order valence-corrected chi connectivity index (χ3v) is 7.35. The van der Waals surface area contributed by atoms with Crippen molar-refractivity contribution in [2.45, 2.75) is 103 Å². The number of rotatable bonds is 4. The van der Waals surface area contributed by atoms with Gasteiger partial charge in [-0.25, -0.2) is 0 Å². The molecule has 4 atom stereocenters. The van der Waals surface area contributed by atoms with E-state index in [2.05, 4.69) is 24.5 Å². The molecule has 3 rings (SSSR count). The van der Waals surface area contributed by atoms with E-state index >= 15 is 0 Å². The molecule has 3 saturated carbocycles. The van der Waals surface area contributed by atoms with Crippen LogP contribution in [0.4, 0.5) is 0 Å². The molecule has 0 spiro atoms. The van der Waals surface area contributed by atoms with Crippen molar-refractivity contribution in [1.82, 2.24) is 10.6 Å². The molecular weight excluding hydrogens is 324 g/mol. The zero-order chi connectivity index (χ0) is 18.5. The highest BCUT2D eigenvalue weighted by Gasteiger charge is 2.33. The van der Waals surface area contributed by atoms with Crippen LogP contribution >= 0.6 is 0 Å². The van der Waals surface area contributed by atoms with E-state index in [1.165, 1.54) is 38.5 Å². The van der Waals surface area contributed by atoms with Crippen LogP contribution in [0, 0.1) is 23.7 Å². The molecule has 26 heavy (non-hydrogen) atoms. The molecule has 2 amide bonds. The van der Waals surface area contributed by atoms with E-state index in [-0.39, 0.29) is 23.7 Å². The van der Waals surface area contributed by atoms with Gasteiger partial charge in [0, 0.05) is 23.9 Å². The first kappa shape index (κ1) is 19.7. The van der Waals surface area contributed by atoms with E-state index in [9.17, 15) is 9.59 Å². The molecule has 3 aliphatic rings. The summed E-state index contributed by atoms with van der Waals surface area (Å²) in [6.07, 6.45) is 13.3. The van der Waals surface area contributed by atoms with Crippen LogP contribution in [0.15, 0.2) is 0 Å². The average molecular weight is 363 g/mol. The monoisotopic (exact) mass is 362 g/mol. The second-order valence-electron chi connectivity index (χ2n) is 9.30. The van der Waals surface area contributed by atoms with Gasteiger partial charge in [0.1, 0.15) is 0 Å². The van der Waals surface area contributed by atoms with Gasteiger partial charge in [0.15, 0.2) is 0 Å². The van der Waals surface area contributed by atoms with Gasteiger partial charge in [-0.2, -0.15) is 0 Å². The number of hydrogen-bond acceptors (Lipinski definition) is 2. The molecule has 148 valence electrons. The van der Waals surface area contributed by atoms with Gasteiger partial charge in [0.25, 0.3) is 0 Å². The van der Waals surface area contributed by atoms with Gasteiger partial charge in [0.2, 0.25) is 11.8 Å². The van der Waals surface area contributed by atoms with Crippen LogP contribution in [0.25, 0.3) is 0 Å². The van der Waals surface area contributed by atoms with Gasteiger partial charge in [-0.15, -0.1) is 0 Å². The van der Waals surface area contributed by atoms with Crippen LogP contribution < -0.4 is 10.6 Å². The molecule has 0 unspecified atom stereocenters. The highest BCUT2D eigenvalue weighted by atomic mass is 16.2. The smallest absolute Gasteiger partial charge is 0.223 e. The van der Waals surface area contributed by atoms with Crippen molar-refractivity contribution in [2.24, 2.45) is 23.7 Å². The summed E-state index contributed by atoms with van der Waals surface area (Å²) in [7, 11) is 0. The highest BCUT2D eigenvalue weighted by Crippen LogP contribution is 2.31. The average Bonchev–Trinajstić information content (AvgIpc) is 2.65. The Morgan fingerprint density at radius 1 is 0.577 bits per heavy atom. The Balaban J connectivity index is 1.41. The molecule has 0 aromatic heterocycles. The van der Waals surface area contributed by atoms with E-state index in [1.807, 2.05) is 0 Å². The Labute approximate surface area is 159 Å². The molecule has 3 fully saturated rings. The summed E-state index contributed by atoms with van der Waals surface area (Å²) in [5.74, 6) is 1.91. The van der Waals surface area contributed by atoms with Crippen molar-refractivity contribution in [3.63, 3.8) is 0 Å². The van der Waals surface area contributed by atoms with Gasteiger partial charge in [0.05, 0.1) is 0 Å². The van der Waals surface area contributed by atoms with E-state index in [4.69, 9.17) is 0 Å². The lowest BCUT2D eigenvalue weighted by molar-refractivity contribution is -0.131. The van der Waals surface area contributed by atoms with Gasteiger partial charge < -0.3 is 10.6 Å². The second-order valence-corrected chi connectivity index (χ2v) is 9.30. The zero-order valence-electron chi connectivity index (χ0n) is 16.8. The summed E-state index contributed by atoms with van der Waals surface area (Å²) < 4.78 is 0. The van der Waals surface area contributed by atoms with Crippen LogP contribution in [-0.2, 0) is 9.59 Å². The topological polar surface area (TPSA) is 58.2 Å². The quantitative estimate of drug-likeness (QED) is 0.788. The maximum atomic E-state index is 12.6. The van der Waals surface area contributed by atoms with Crippen molar-refractivity contribution in [3.05, 3.63) is 0 Å². The molecule has 0 aromatic carbocycles. The predicted octanol–water partition coefficient (Wildman–Crippen LogP) is 4.18. The fourth-order valence-corrected chi connectivity index (χ4v) is 5.28. The number of amides is 2. The molecule has 3 aliphatic carbocycles. The fraction of sp³-hybridized carbons (Fsp3) is 0.909. The van der Waals surface area contributed by atoms with Crippen molar-refractivity contribution in [3.8, 4) is 0 Å². The van der Waals surface area contributed by atoms with Gasteiger partial charge in [-0.1, -0.05) is 39.5 Å². The molecule has 0 aromatic rings. The summed E-state index contributed by atoms with van der Waals surface area (Å²) in [6.45, 7) is 4.52. The van der Waals surface area contributed by atoms with Crippen LogP contribution in [0.5, 0.6) is 0 Å². The van der Waals surface area contributed by atoms with Crippen molar-refractivity contribution in [2.75, 3.05) is 0 Å². The number of hydrogen-bond donors (Lipinski definition) is 2. The highest BCUT2D eigenvalue weighted by molar-refractivity contribution is 5.81.